The highest BCUT2D eigenvalue weighted by atomic mass is 35.6. The van der Waals surface area contributed by atoms with Crippen LogP contribution in [0.1, 0.15) is 20.3 Å². The number of rotatable bonds is 5. The fourth-order valence-electron chi connectivity index (χ4n) is 0.841. The molecule has 0 aromatic heterocycles. The summed E-state index contributed by atoms with van der Waals surface area (Å²) in [5.41, 5.74) is 0.126. The third-order valence-electron chi connectivity index (χ3n) is 1.72. The predicted octanol–water partition coefficient (Wildman–Crippen LogP) is 2.80. The van der Waals surface area contributed by atoms with E-state index >= 15 is 0 Å². The molecule has 0 aliphatic rings. The van der Waals surface area contributed by atoms with Gasteiger partial charge < -0.3 is 0 Å². The van der Waals surface area contributed by atoms with Crippen LogP contribution in [0, 0.1) is 0 Å². The third-order valence-corrected chi connectivity index (χ3v) is 4.49. The number of halogens is 1. The van der Waals surface area contributed by atoms with Crippen molar-refractivity contribution in [2.75, 3.05) is 0 Å². The normalized spacial score (nSPS) is 13.5. The molecule has 0 aliphatic heterocycles. The first-order valence-electron chi connectivity index (χ1n) is 4.51. The number of hydrogen-bond acceptors (Lipinski definition) is 3. The average Bonchev–Trinajstić information content (AvgIpc) is 2.02. The average molecular weight is 237 g/mol. The van der Waals surface area contributed by atoms with E-state index in [4.69, 9.17) is 16.0 Å². The van der Waals surface area contributed by atoms with E-state index in [9.17, 15) is 4.79 Å². The van der Waals surface area contributed by atoms with Crippen LogP contribution < -0.4 is 0 Å². The second kappa shape index (κ2) is 5.53. The Morgan fingerprint density at radius 1 is 1.57 bits per heavy atom. The van der Waals surface area contributed by atoms with Gasteiger partial charge in [-0.3, -0.25) is 4.89 Å². The van der Waals surface area contributed by atoms with Gasteiger partial charge in [0.2, 0.25) is 0 Å². The zero-order chi connectivity index (χ0) is 11.4. The van der Waals surface area contributed by atoms with Crippen LogP contribution >= 0.6 is 11.1 Å². The second-order valence-corrected chi connectivity index (χ2v) is 10.4. The number of carbonyl (C=O) groups excluding carboxylic acids is 1. The zero-order valence-corrected chi connectivity index (χ0v) is 10.9. The van der Waals surface area contributed by atoms with Crippen molar-refractivity contribution in [1.82, 2.24) is 0 Å². The molecule has 0 radical (unpaired) electrons. The molecule has 0 rings (SSSR count). The van der Waals surface area contributed by atoms with E-state index in [1.807, 2.05) is 20.0 Å². The Hall–Kier alpha value is -0.323. The summed E-state index contributed by atoms with van der Waals surface area (Å²) >= 11 is 6.16. The van der Waals surface area contributed by atoms with Gasteiger partial charge in [-0.15, -0.1) is 0 Å². The van der Waals surface area contributed by atoms with Crippen molar-refractivity contribution in [2.24, 2.45) is 0 Å². The van der Waals surface area contributed by atoms with Crippen LogP contribution in [0.15, 0.2) is 12.2 Å². The van der Waals surface area contributed by atoms with E-state index in [-0.39, 0.29) is 5.73 Å². The van der Waals surface area contributed by atoms with Gasteiger partial charge in [-0.05, 0) is 13.3 Å². The summed E-state index contributed by atoms with van der Waals surface area (Å²) in [4.78, 5) is 20.6. The summed E-state index contributed by atoms with van der Waals surface area (Å²) in [5, 5.41) is 0. The maximum Gasteiger partial charge on any atom is 0.368 e. The van der Waals surface area contributed by atoms with Crippen molar-refractivity contribution in [3.05, 3.63) is 12.2 Å². The molecule has 0 fully saturated rings. The topological polar surface area (TPSA) is 35.5 Å². The lowest BCUT2D eigenvalue weighted by Gasteiger charge is -2.23. The summed E-state index contributed by atoms with van der Waals surface area (Å²) in [6.45, 7) is 10.8. The Morgan fingerprint density at radius 2 is 2.07 bits per heavy atom. The number of hydrogen-bond donors (Lipinski definition) is 0. The van der Waals surface area contributed by atoms with E-state index < -0.39 is 13.4 Å². The zero-order valence-electron chi connectivity index (χ0n) is 9.09. The van der Waals surface area contributed by atoms with Gasteiger partial charge >= 0.3 is 5.97 Å². The molecule has 0 amide bonds. The molecule has 14 heavy (non-hydrogen) atoms. The minimum atomic E-state index is -1.95. The molecule has 1 atom stereocenters. The number of carbonyl (C=O) groups is 1. The second-order valence-electron chi connectivity index (χ2n) is 3.71. The molecule has 0 spiro atoms. The first-order valence-corrected chi connectivity index (χ1v) is 8.60. The molecule has 0 saturated heterocycles. The maximum atomic E-state index is 11.0. The van der Waals surface area contributed by atoms with Crippen molar-refractivity contribution >= 4 is 24.4 Å². The lowest BCUT2D eigenvalue weighted by Crippen LogP contribution is -2.38. The fourth-order valence-corrected chi connectivity index (χ4v) is 2.66. The Labute approximate surface area is 90.7 Å². The largest absolute Gasteiger partial charge is 0.368 e. The SMILES string of the molecule is C=C(C)C(=O)OOC(CC)[Si](C)(C)Cl. The molecule has 0 N–H and O–H groups in total. The Bertz CT molecular complexity index is 223. The lowest BCUT2D eigenvalue weighted by atomic mass is 10.4. The van der Waals surface area contributed by atoms with E-state index in [1.165, 1.54) is 0 Å². The van der Waals surface area contributed by atoms with Gasteiger partial charge in [-0.1, -0.05) is 26.6 Å². The molecule has 82 valence electrons. The first kappa shape index (κ1) is 13.7. The van der Waals surface area contributed by atoms with Crippen LogP contribution in [-0.2, 0) is 14.6 Å². The van der Waals surface area contributed by atoms with Crippen molar-refractivity contribution in [2.45, 2.75) is 39.1 Å². The fraction of sp³-hybridized carbons (Fsp3) is 0.667. The van der Waals surface area contributed by atoms with Crippen LogP contribution in [-0.4, -0.2) is 19.1 Å². The van der Waals surface area contributed by atoms with E-state index in [0.29, 0.717) is 5.57 Å². The highest BCUT2D eigenvalue weighted by Gasteiger charge is 2.31. The van der Waals surface area contributed by atoms with Gasteiger partial charge in [-0.2, -0.15) is 16.0 Å². The van der Waals surface area contributed by atoms with Gasteiger partial charge in [-0.25, -0.2) is 4.79 Å². The highest BCUT2D eigenvalue weighted by Crippen LogP contribution is 2.19. The van der Waals surface area contributed by atoms with Gasteiger partial charge in [0, 0.05) is 5.57 Å². The summed E-state index contributed by atoms with van der Waals surface area (Å²) in [6.07, 6.45) is 0.728. The molecule has 0 aliphatic carbocycles. The standard InChI is InChI=1S/C9H17ClO3Si/c1-6-8(14(4,5)10)12-13-9(11)7(2)3/h8H,2,6H2,1,3-5H3. The van der Waals surface area contributed by atoms with Crippen LogP contribution in [0.25, 0.3) is 0 Å². The van der Waals surface area contributed by atoms with Gasteiger partial charge in [0.05, 0.1) is 0 Å². The molecule has 0 bridgehead atoms. The highest BCUT2D eigenvalue weighted by molar-refractivity contribution is 7.19. The van der Waals surface area contributed by atoms with Crippen molar-refractivity contribution in [1.29, 1.82) is 0 Å². The molecule has 0 aromatic rings. The summed E-state index contributed by atoms with van der Waals surface area (Å²) < 4.78 is 0. The Morgan fingerprint density at radius 3 is 2.36 bits per heavy atom. The molecule has 3 nitrogen and oxygen atoms in total. The minimum Gasteiger partial charge on any atom is -0.293 e. The van der Waals surface area contributed by atoms with E-state index in [2.05, 4.69) is 11.5 Å². The van der Waals surface area contributed by atoms with E-state index in [1.54, 1.807) is 6.92 Å². The predicted molar refractivity (Wildman–Crippen MR) is 59.4 cm³/mol. The third kappa shape index (κ3) is 4.79. The Kier molecular flexibility index (Phi) is 5.40. The molecule has 0 aromatic carbocycles. The lowest BCUT2D eigenvalue weighted by molar-refractivity contribution is -0.280. The molecule has 0 saturated carbocycles. The van der Waals surface area contributed by atoms with Crippen LogP contribution in [0.3, 0.4) is 0 Å². The summed E-state index contributed by atoms with van der Waals surface area (Å²) in [6, 6.07) is 0. The van der Waals surface area contributed by atoms with Crippen LogP contribution in [0.2, 0.25) is 13.1 Å². The van der Waals surface area contributed by atoms with Crippen molar-refractivity contribution in [3.63, 3.8) is 0 Å². The molecular weight excluding hydrogens is 220 g/mol. The van der Waals surface area contributed by atoms with E-state index in [0.717, 1.165) is 6.42 Å². The summed E-state index contributed by atoms with van der Waals surface area (Å²) in [5.74, 6) is -0.543. The van der Waals surface area contributed by atoms with Gasteiger partial charge in [0.1, 0.15) is 5.73 Å². The minimum absolute atomic E-state index is 0.188. The van der Waals surface area contributed by atoms with Crippen LogP contribution in [0.4, 0.5) is 0 Å². The van der Waals surface area contributed by atoms with Crippen molar-refractivity contribution in [3.8, 4) is 0 Å². The van der Waals surface area contributed by atoms with Crippen molar-refractivity contribution < 1.29 is 14.6 Å². The first-order chi connectivity index (χ1) is 6.29. The summed E-state index contributed by atoms with van der Waals surface area (Å²) in [7, 11) is -1.95. The molecule has 5 heteroatoms. The molecular formula is C9H17ClO3Si. The maximum absolute atomic E-state index is 11.0. The molecule has 0 heterocycles. The quantitative estimate of drug-likeness (QED) is 0.242. The smallest absolute Gasteiger partial charge is 0.293 e. The Balaban J connectivity index is 4.10. The van der Waals surface area contributed by atoms with Gasteiger partial charge in [0.25, 0.3) is 0 Å². The molecule has 1 unspecified atom stereocenters. The van der Waals surface area contributed by atoms with Gasteiger partial charge in [0.15, 0.2) is 7.38 Å². The van der Waals surface area contributed by atoms with Crippen LogP contribution in [0.5, 0.6) is 0 Å². The monoisotopic (exact) mass is 236 g/mol.